The van der Waals surface area contributed by atoms with Crippen LogP contribution in [0.1, 0.15) is 12.8 Å². The summed E-state index contributed by atoms with van der Waals surface area (Å²) in [6.07, 6.45) is 3.89. The van der Waals surface area contributed by atoms with Gasteiger partial charge in [0.2, 0.25) is 5.13 Å². The maximum absolute atomic E-state index is 12.4. The van der Waals surface area contributed by atoms with E-state index in [0.717, 1.165) is 15.2 Å². The average molecular weight is 383 g/mol. The van der Waals surface area contributed by atoms with Crippen LogP contribution in [-0.4, -0.2) is 36.0 Å². The second kappa shape index (κ2) is 6.22. The van der Waals surface area contributed by atoms with Gasteiger partial charge < -0.3 is 10.3 Å². The summed E-state index contributed by atoms with van der Waals surface area (Å²) in [5, 5.41) is 17.6. The second-order valence-corrected chi connectivity index (χ2v) is 8.11. The van der Waals surface area contributed by atoms with E-state index in [4.69, 9.17) is 0 Å². The Morgan fingerprint density at radius 3 is 2.88 bits per heavy atom. The van der Waals surface area contributed by atoms with Crippen molar-refractivity contribution in [2.45, 2.75) is 28.4 Å². The van der Waals surface area contributed by atoms with Gasteiger partial charge in [-0.3, -0.25) is 4.79 Å². The van der Waals surface area contributed by atoms with Gasteiger partial charge in [0.1, 0.15) is 5.39 Å². The van der Waals surface area contributed by atoms with Crippen LogP contribution in [0.3, 0.4) is 0 Å². The zero-order valence-electron chi connectivity index (χ0n) is 13.4. The van der Waals surface area contributed by atoms with Crippen molar-refractivity contribution >= 4 is 39.3 Å². The Hall–Kier alpha value is -2.72. The van der Waals surface area contributed by atoms with Crippen molar-refractivity contribution in [1.29, 1.82) is 0 Å². The Bertz CT molecular complexity index is 1130. The van der Waals surface area contributed by atoms with Gasteiger partial charge in [-0.2, -0.15) is 5.10 Å². The standard InChI is InChI=1S/C16H13N7OS2/c24-13-11-8-17-23(10-4-2-1-3-5-10)12(11)19-14(20-13)25-16-22-21-15(26-16)18-9-6-7-9/h1-5,8-9H,6-7H2,(H,18,21)(H,19,20,24). The summed E-state index contributed by atoms with van der Waals surface area (Å²) >= 11 is 2.74. The summed E-state index contributed by atoms with van der Waals surface area (Å²) in [6.45, 7) is 0. The molecule has 3 heterocycles. The number of anilines is 1. The van der Waals surface area contributed by atoms with Gasteiger partial charge in [-0.1, -0.05) is 29.5 Å². The fourth-order valence-electron chi connectivity index (χ4n) is 2.50. The van der Waals surface area contributed by atoms with Gasteiger partial charge in [0, 0.05) is 6.04 Å². The fourth-order valence-corrected chi connectivity index (χ4v) is 4.22. The summed E-state index contributed by atoms with van der Waals surface area (Å²) in [7, 11) is 0. The van der Waals surface area contributed by atoms with E-state index in [9.17, 15) is 4.79 Å². The molecule has 0 unspecified atom stereocenters. The van der Waals surface area contributed by atoms with E-state index >= 15 is 0 Å². The number of para-hydroxylation sites is 1. The van der Waals surface area contributed by atoms with E-state index in [2.05, 4.69) is 30.6 Å². The van der Waals surface area contributed by atoms with Crippen molar-refractivity contribution in [1.82, 2.24) is 29.9 Å². The van der Waals surface area contributed by atoms with Crippen molar-refractivity contribution < 1.29 is 0 Å². The van der Waals surface area contributed by atoms with Crippen LogP contribution in [0.2, 0.25) is 0 Å². The molecule has 1 aromatic carbocycles. The number of aromatic nitrogens is 6. The van der Waals surface area contributed by atoms with Gasteiger partial charge in [-0.05, 0) is 36.7 Å². The van der Waals surface area contributed by atoms with Gasteiger partial charge in [0.05, 0.1) is 11.9 Å². The molecular formula is C16H13N7OS2. The van der Waals surface area contributed by atoms with Crippen molar-refractivity contribution in [2.75, 3.05) is 5.32 Å². The molecular weight excluding hydrogens is 370 g/mol. The lowest BCUT2D eigenvalue weighted by Crippen LogP contribution is -2.09. The lowest BCUT2D eigenvalue weighted by Gasteiger charge is -2.03. The first kappa shape index (κ1) is 15.5. The fraction of sp³-hybridized carbons (Fsp3) is 0.188. The Morgan fingerprint density at radius 2 is 2.08 bits per heavy atom. The number of fused-ring (bicyclic) bond motifs is 1. The van der Waals surface area contributed by atoms with Crippen LogP contribution in [0.5, 0.6) is 0 Å². The molecule has 8 nitrogen and oxygen atoms in total. The number of hydrogen-bond donors (Lipinski definition) is 2. The zero-order chi connectivity index (χ0) is 17.5. The van der Waals surface area contributed by atoms with E-state index in [1.165, 1.54) is 42.1 Å². The molecule has 0 aliphatic heterocycles. The molecule has 0 radical (unpaired) electrons. The predicted octanol–water partition coefficient (Wildman–Crippen LogP) is 2.69. The molecule has 1 aliphatic rings. The number of nitrogens with zero attached hydrogens (tertiary/aromatic N) is 5. The van der Waals surface area contributed by atoms with Crippen LogP contribution >= 0.6 is 23.1 Å². The van der Waals surface area contributed by atoms with Crippen molar-refractivity contribution in [2.24, 2.45) is 0 Å². The molecule has 1 fully saturated rings. The maximum atomic E-state index is 12.4. The Morgan fingerprint density at radius 1 is 1.23 bits per heavy atom. The minimum absolute atomic E-state index is 0.222. The third-order valence-electron chi connectivity index (χ3n) is 3.91. The monoisotopic (exact) mass is 383 g/mol. The summed E-state index contributed by atoms with van der Waals surface area (Å²) in [5.41, 5.74) is 1.15. The molecule has 2 N–H and O–H groups in total. The third kappa shape index (κ3) is 2.97. The first-order chi connectivity index (χ1) is 12.8. The number of benzene rings is 1. The van der Waals surface area contributed by atoms with Gasteiger partial charge in [-0.25, -0.2) is 9.67 Å². The molecule has 1 saturated carbocycles. The summed E-state index contributed by atoms with van der Waals surface area (Å²) in [5.74, 6) is 0. The second-order valence-electron chi connectivity index (χ2n) is 5.89. The highest BCUT2D eigenvalue weighted by Gasteiger charge is 2.22. The molecule has 3 aromatic heterocycles. The summed E-state index contributed by atoms with van der Waals surface area (Å²) in [4.78, 5) is 19.8. The molecule has 10 heteroatoms. The highest BCUT2D eigenvalue weighted by molar-refractivity contribution is 8.00. The van der Waals surface area contributed by atoms with E-state index in [0.29, 0.717) is 22.2 Å². The zero-order valence-corrected chi connectivity index (χ0v) is 15.0. The number of hydrogen-bond acceptors (Lipinski definition) is 8. The van der Waals surface area contributed by atoms with Crippen LogP contribution in [0.4, 0.5) is 5.13 Å². The third-order valence-corrected chi connectivity index (χ3v) is 5.70. The first-order valence-corrected chi connectivity index (χ1v) is 9.71. The SMILES string of the molecule is O=c1[nH]c(Sc2nnc(NC3CC3)s2)nc2c1cnn2-c1ccccc1. The molecule has 0 saturated heterocycles. The molecule has 0 bridgehead atoms. The number of H-pyrrole nitrogens is 1. The molecule has 4 aromatic rings. The van der Waals surface area contributed by atoms with Crippen LogP contribution in [0.25, 0.3) is 16.7 Å². The molecule has 1 aliphatic carbocycles. The number of aromatic amines is 1. The highest BCUT2D eigenvalue weighted by atomic mass is 32.2. The van der Waals surface area contributed by atoms with Gasteiger partial charge in [0.15, 0.2) is 15.1 Å². The largest absolute Gasteiger partial charge is 0.357 e. The average Bonchev–Trinajstić information content (AvgIpc) is 3.18. The van der Waals surface area contributed by atoms with Crippen molar-refractivity contribution in [3.05, 3.63) is 46.9 Å². The first-order valence-electron chi connectivity index (χ1n) is 8.07. The van der Waals surface area contributed by atoms with Crippen LogP contribution < -0.4 is 10.9 Å². The van der Waals surface area contributed by atoms with E-state index in [1.807, 2.05) is 30.3 Å². The molecule has 5 rings (SSSR count). The Kier molecular flexibility index (Phi) is 3.71. The summed E-state index contributed by atoms with van der Waals surface area (Å²) < 4.78 is 2.39. The normalized spacial score (nSPS) is 14.0. The molecule has 26 heavy (non-hydrogen) atoms. The topological polar surface area (TPSA) is 101 Å². The van der Waals surface area contributed by atoms with E-state index in [-0.39, 0.29) is 5.56 Å². The lowest BCUT2D eigenvalue weighted by atomic mass is 10.3. The lowest BCUT2D eigenvalue weighted by molar-refractivity contribution is 0.872. The van der Waals surface area contributed by atoms with E-state index in [1.54, 1.807) is 4.68 Å². The number of rotatable bonds is 5. The van der Waals surface area contributed by atoms with Crippen LogP contribution in [0.15, 0.2) is 50.8 Å². The van der Waals surface area contributed by atoms with Crippen LogP contribution in [0, 0.1) is 0 Å². The van der Waals surface area contributed by atoms with Gasteiger partial charge >= 0.3 is 0 Å². The number of nitrogens with one attached hydrogen (secondary N) is 2. The highest BCUT2D eigenvalue weighted by Crippen LogP contribution is 2.32. The minimum atomic E-state index is -0.222. The van der Waals surface area contributed by atoms with Crippen LogP contribution in [-0.2, 0) is 0 Å². The molecule has 0 spiro atoms. The molecule has 130 valence electrons. The molecule has 0 atom stereocenters. The Labute approximate surface area is 155 Å². The smallest absolute Gasteiger partial charge is 0.262 e. The maximum Gasteiger partial charge on any atom is 0.262 e. The minimum Gasteiger partial charge on any atom is -0.357 e. The van der Waals surface area contributed by atoms with E-state index < -0.39 is 0 Å². The van der Waals surface area contributed by atoms with Crippen molar-refractivity contribution in [3.63, 3.8) is 0 Å². The molecule has 0 amide bonds. The van der Waals surface area contributed by atoms with Crippen molar-refractivity contribution in [3.8, 4) is 5.69 Å². The van der Waals surface area contributed by atoms with Gasteiger partial charge in [0.25, 0.3) is 5.56 Å². The summed E-state index contributed by atoms with van der Waals surface area (Å²) in [6, 6.07) is 10.1. The Balaban J connectivity index is 1.50. The van der Waals surface area contributed by atoms with Gasteiger partial charge in [-0.15, -0.1) is 10.2 Å². The quantitative estimate of drug-likeness (QED) is 0.511. The predicted molar refractivity (Wildman–Crippen MR) is 100 cm³/mol.